The number of aliphatic imine (C=N–C) groups is 1. The van der Waals surface area contributed by atoms with Crippen LogP contribution in [0.25, 0.3) is 0 Å². The van der Waals surface area contributed by atoms with Gasteiger partial charge < -0.3 is 9.73 Å². The minimum absolute atomic E-state index is 0. The standard InChI is InChI=1S/C8H10N4O.ClH/c1-2-7(13-5-1)6-11-12-8-9-3-4-10-8;/h1-2,5-6H,3-4H2,(H2,9,10,12);1H. The van der Waals surface area contributed by atoms with Crippen molar-refractivity contribution in [3.05, 3.63) is 24.2 Å². The number of nitrogens with one attached hydrogen (secondary N) is 2. The molecule has 2 heterocycles. The lowest BCUT2D eigenvalue weighted by molar-refractivity contribution is 0.560. The summed E-state index contributed by atoms with van der Waals surface area (Å²) in [4.78, 5) is 4.10. The van der Waals surface area contributed by atoms with E-state index in [4.69, 9.17) is 4.42 Å². The Hall–Kier alpha value is -1.49. The molecule has 6 heteroatoms. The minimum Gasteiger partial charge on any atom is -0.463 e. The highest BCUT2D eigenvalue weighted by atomic mass is 35.5. The lowest BCUT2D eigenvalue weighted by Crippen LogP contribution is -2.30. The number of furan rings is 1. The zero-order valence-electron chi connectivity index (χ0n) is 7.43. The first-order valence-corrected chi connectivity index (χ1v) is 4.06. The molecular weight excluding hydrogens is 204 g/mol. The first-order chi connectivity index (χ1) is 6.45. The minimum atomic E-state index is 0. The van der Waals surface area contributed by atoms with Crippen molar-refractivity contribution < 1.29 is 4.42 Å². The summed E-state index contributed by atoms with van der Waals surface area (Å²) < 4.78 is 5.05. The van der Waals surface area contributed by atoms with E-state index in [9.17, 15) is 0 Å². The van der Waals surface area contributed by atoms with E-state index >= 15 is 0 Å². The third-order valence-electron chi connectivity index (χ3n) is 1.58. The second-order valence-electron chi connectivity index (χ2n) is 2.54. The zero-order chi connectivity index (χ0) is 8.93. The van der Waals surface area contributed by atoms with Crippen LogP contribution in [0.1, 0.15) is 5.76 Å². The van der Waals surface area contributed by atoms with E-state index in [1.165, 1.54) is 0 Å². The molecule has 5 nitrogen and oxygen atoms in total. The van der Waals surface area contributed by atoms with Crippen molar-refractivity contribution in [3.8, 4) is 0 Å². The maximum atomic E-state index is 5.05. The molecule has 0 amide bonds. The SMILES string of the molecule is C(=NNC1=NCCN1)c1ccco1.Cl. The van der Waals surface area contributed by atoms with Gasteiger partial charge in [0.2, 0.25) is 5.96 Å². The molecule has 0 bridgehead atoms. The number of hydrogen-bond acceptors (Lipinski definition) is 5. The fourth-order valence-electron chi connectivity index (χ4n) is 0.995. The molecule has 0 fully saturated rings. The highest BCUT2D eigenvalue weighted by Crippen LogP contribution is 1.94. The van der Waals surface area contributed by atoms with Gasteiger partial charge in [0.05, 0.1) is 19.0 Å². The fourth-order valence-corrected chi connectivity index (χ4v) is 0.995. The van der Waals surface area contributed by atoms with Gasteiger partial charge in [-0.15, -0.1) is 12.4 Å². The number of halogens is 1. The molecule has 0 unspecified atom stereocenters. The summed E-state index contributed by atoms with van der Waals surface area (Å²) in [6, 6.07) is 3.64. The Bertz CT molecular complexity index is 320. The molecule has 0 spiro atoms. The van der Waals surface area contributed by atoms with Crippen LogP contribution in [0.3, 0.4) is 0 Å². The topological polar surface area (TPSA) is 61.9 Å². The molecule has 1 aromatic heterocycles. The van der Waals surface area contributed by atoms with E-state index in [0.29, 0.717) is 11.7 Å². The molecule has 14 heavy (non-hydrogen) atoms. The van der Waals surface area contributed by atoms with Crippen LogP contribution < -0.4 is 10.7 Å². The Labute approximate surface area is 87.7 Å². The number of guanidine groups is 1. The van der Waals surface area contributed by atoms with Crippen molar-refractivity contribution in [2.45, 2.75) is 0 Å². The summed E-state index contributed by atoms with van der Waals surface area (Å²) in [5.74, 6) is 1.42. The van der Waals surface area contributed by atoms with Crippen LogP contribution in [0.2, 0.25) is 0 Å². The third kappa shape index (κ3) is 2.77. The average molecular weight is 215 g/mol. The lowest BCUT2D eigenvalue weighted by Gasteiger charge is -1.97. The van der Waals surface area contributed by atoms with Crippen molar-refractivity contribution in [3.63, 3.8) is 0 Å². The molecule has 0 radical (unpaired) electrons. The van der Waals surface area contributed by atoms with Crippen LogP contribution in [0.5, 0.6) is 0 Å². The van der Waals surface area contributed by atoms with Crippen LogP contribution in [0.15, 0.2) is 32.9 Å². The van der Waals surface area contributed by atoms with Crippen molar-refractivity contribution in [1.29, 1.82) is 0 Å². The number of rotatable bonds is 2. The van der Waals surface area contributed by atoms with Gasteiger partial charge in [0, 0.05) is 6.54 Å². The molecule has 0 saturated carbocycles. The Morgan fingerprint density at radius 2 is 2.57 bits per heavy atom. The molecule has 2 rings (SSSR count). The Morgan fingerprint density at radius 1 is 1.64 bits per heavy atom. The van der Waals surface area contributed by atoms with Gasteiger partial charge in [-0.1, -0.05) is 0 Å². The second kappa shape index (κ2) is 5.29. The fraction of sp³-hybridized carbons (Fsp3) is 0.250. The molecule has 0 aliphatic carbocycles. The number of hydrogen-bond donors (Lipinski definition) is 2. The Kier molecular flexibility index (Phi) is 4.00. The molecule has 1 aliphatic heterocycles. The molecule has 0 atom stereocenters. The van der Waals surface area contributed by atoms with Crippen molar-refractivity contribution >= 4 is 24.6 Å². The van der Waals surface area contributed by atoms with E-state index in [2.05, 4.69) is 20.8 Å². The van der Waals surface area contributed by atoms with Gasteiger partial charge in [0.1, 0.15) is 5.76 Å². The summed E-state index contributed by atoms with van der Waals surface area (Å²) in [6.45, 7) is 1.68. The normalized spacial score (nSPS) is 14.7. The van der Waals surface area contributed by atoms with Crippen LogP contribution >= 0.6 is 12.4 Å². The first-order valence-electron chi connectivity index (χ1n) is 4.06. The van der Waals surface area contributed by atoms with Gasteiger partial charge in [-0.3, -0.25) is 0 Å². The maximum absolute atomic E-state index is 5.05. The van der Waals surface area contributed by atoms with Crippen molar-refractivity contribution in [2.24, 2.45) is 10.1 Å². The summed E-state index contributed by atoms with van der Waals surface area (Å²) >= 11 is 0. The van der Waals surface area contributed by atoms with E-state index in [1.807, 2.05) is 12.1 Å². The average Bonchev–Trinajstić information content (AvgIpc) is 2.75. The van der Waals surface area contributed by atoms with Crippen LogP contribution in [0.4, 0.5) is 0 Å². The molecule has 2 N–H and O–H groups in total. The van der Waals surface area contributed by atoms with E-state index < -0.39 is 0 Å². The zero-order valence-corrected chi connectivity index (χ0v) is 8.25. The lowest BCUT2D eigenvalue weighted by atomic mass is 10.5. The highest BCUT2D eigenvalue weighted by Gasteiger charge is 2.01. The largest absolute Gasteiger partial charge is 0.463 e. The van der Waals surface area contributed by atoms with E-state index in [1.54, 1.807) is 12.5 Å². The summed E-state index contributed by atoms with van der Waals surface area (Å²) in [5.41, 5.74) is 2.77. The van der Waals surface area contributed by atoms with Crippen LogP contribution in [0, 0.1) is 0 Å². The Balaban J connectivity index is 0.000000980. The quantitative estimate of drug-likeness (QED) is 0.560. The van der Waals surface area contributed by atoms with Gasteiger partial charge in [-0.05, 0) is 12.1 Å². The predicted octanol–water partition coefficient (Wildman–Crippen LogP) is 0.584. The maximum Gasteiger partial charge on any atom is 0.212 e. The summed E-state index contributed by atoms with van der Waals surface area (Å²) in [6.07, 6.45) is 3.20. The molecule has 0 aromatic carbocycles. The third-order valence-corrected chi connectivity index (χ3v) is 1.58. The predicted molar refractivity (Wildman–Crippen MR) is 57.0 cm³/mol. The van der Waals surface area contributed by atoms with E-state index in [0.717, 1.165) is 13.1 Å². The molecular formula is C8H11ClN4O. The van der Waals surface area contributed by atoms with Crippen molar-refractivity contribution in [2.75, 3.05) is 13.1 Å². The van der Waals surface area contributed by atoms with E-state index in [-0.39, 0.29) is 12.4 Å². The monoisotopic (exact) mass is 214 g/mol. The summed E-state index contributed by atoms with van der Waals surface area (Å²) in [5, 5.41) is 6.97. The molecule has 0 saturated heterocycles. The van der Waals surface area contributed by atoms with Gasteiger partial charge in [-0.25, -0.2) is 10.4 Å². The highest BCUT2D eigenvalue weighted by molar-refractivity contribution is 5.85. The van der Waals surface area contributed by atoms with Gasteiger partial charge in [-0.2, -0.15) is 5.10 Å². The van der Waals surface area contributed by atoms with Crippen LogP contribution in [-0.2, 0) is 0 Å². The molecule has 1 aliphatic rings. The number of nitrogens with zero attached hydrogens (tertiary/aromatic N) is 2. The smallest absolute Gasteiger partial charge is 0.212 e. The van der Waals surface area contributed by atoms with Crippen LogP contribution in [-0.4, -0.2) is 25.3 Å². The van der Waals surface area contributed by atoms with Gasteiger partial charge in [0.25, 0.3) is 0 Å². The number of hydrazone groups is 1. The first kappa shape index (κ1) is 10.6. The summed E-state index contributed by atoms with van der Waals surface area (Å²) in [7, 11) is 0. The van der Waals surface area contributed by atoms with Gasteiger partial charge in [0.15, 0.2) is 0 Å². The van der Waals surface area contributed by atoms with Crippen molar-refractivity contribution in [1.82, 2.24) is 10.7 Å². The molecule has 1 aromatic rings. The second-order valence-corrected chi connectivity index (χ2v) is 2.54. The molecule has 76 valence electrons. The van der Waals surface area contributed by atoms with Gasteiger partial charge >= 0.3 is 0 Å². The Morgan fingerprint density at radius 3 is 3.21 bits per heavy atom.